The molecule has 108 valence electrons. The summed E-state index contributed by atoms with van der Waals surface area (Å²) in [6.07, 6.45) is 4.25. The standard InChI is InChI=1S/C14H20F2N2.ClH/c15-13-5-3-6-14(16)12(13)10-18-9-2-1-4-11(18)7-8-17;/h3,5-6,11H,1-2,4,7-10,17H2;1H. The molecule has 1 saturated heterocycles. The van der Waals surface area contributed by atoms with Crippen molar-refractivity contribution in [1.29, 1.82) is 0 Å². The third kappa shape index (κ3) is 4.13. The fourth-order valence-corrected chi connectivity index (χ4v) is 2.67. The minimum atomic E-state index is -0.452. The fraction of sp³-hybridized carbons (Fsp3) is 0.571. The Morgan fingerprint density at radius 3 is 2.53 bits per heavy atom. The smallest absolute Gasteiger partial charge is 0.130 e. The van der Waals surface area contributed by atoms with Gasteiger partial charge in [-0.1, -0.05) is 12.5 Å². The first-order valence-corrected chi connectivity index (χ1v) is 6.59. The van der Waals surface area contributed by atoms with E-state index in [0.29, 0.717) is 19.1 Å². The van der Waals surface area contributed by atoms with Gasteiger partial charge in [-0.25, -0.2) is 8.78 Å². The van der Waals surface area contributed by atoms with Gasteiger partial charge < -0.3 is 5.73 Å². The van der Waals surface area contributed by atoms with E-state index in [0.717, 1.165) is 25.8 Å². The molecule has 1 atom stereocenters. The molecule has 1 heterocycles. The molecule has 1 aliphatic heterocycles. The van der Waals surface area contributed by atoms with Crippen LogP contribution >= 0.6 is 12.4 Å². The van der Waals surface area contributed by atoms with E-state index in [1.54, 1.807) is 0 Å². The van der Waals surface area contributed by atoms with Crippen LogP contribution in [-0.4, -0.2) is 24.0 Å². The van der Waals surface area contributed by atoms with Gasteiger partial charge in [0.15, 0.2) is 0 Å². The maximum Gasteiger partial charge on any atom is 0.130 e. The predicted molar refractivity (Wildman–Crippen MR) is 75.3 cm³/mol. The van der Waals surface area contributed by atoms with E-state index < -0.39 is 11.6 Å². The number of likely N-dealkylation sites (tertiary alicyclic amines) is 1. The highest BCUT2D eigenvalue weighted by molar-refractivity contribution is 5.85. The van der Waals surface area contributed by atoms with Gasteiger partial charge in [-0.2, -0.15) is 0 Å². The van der Waals surface area contributed by atoms with Gasteiger partial charge in [-0.05, 0) is 44.5 Å². The van der Waals surface area contributed by atoms with Crippen molar-refractivity contribution in [3.05, 3.63) is 35.4 Å². The van der Waals surface area contributed by atoms with Gasteiger partial charge in [0.2, 0.25) is 0 Å². The Kier molecular flexibility index (Phi) is 6.69. The number of benzene rings is 1. The largest absolute Gasteiger partial charge is 0.330 e. The molecule has 1 aliphatic rings. The van der Waals surface area contributed by atoms with Crippen LogP contribution in [-0.2, 0) is 6.54 Å². The summed E-state index contributed by atoms with van der Waals surface area (Å²) in [5.41, 5.74) is 5.78. The van der Waals surface area contributed by atoms with Crippen molar-refractivity contribution < 1.29 is 8.78 Å². The normalized spacial score (nSPS) is 20.1. The molecule has 1 aromatic rings. The summed E-state index contributed by atoms with van der Waals surface area (Å²) in [5.74, 6) is -0.904. The minimum Gasteiger partial charge on any atom is -0.330 e. The van der Waals surface area contributed by atoms with E-state index in [1.807, 2.05) is 0 Å². The quantitative estimate of drug-likeness (QED) is 0.923. The predicted octanol–water partition coefficient (Wildman–Crippen LogP) is 3.09. The maximum absolute atomic E-state index is 13.6. The van der Waals surface area contributed by atoms with Crippen LogP contribution in [0.5, 0.6) is 0 Å². The van der Waals surface area contributed by atoms with E-state index >= 15 is 0 Å². The van der Waals surface area contributed by atoms with E-state index in [1.165, 1.54) is 24.6 Å². The lowest BCUT2D eigenvalue weighted by atomic mass is 9.98. The van der Waals surface area contributed by atoms with Gasteiger partial charge in [-0.15, -0.1) is 12.4 Å². The van der Waals surface area contributed by atoms with Crippen molar-refractivity contribution in [2.24, 2.45) is 5.73 Å². The Morgan fingerprint density at radius 1 is 1.21 bits per heavy atom. The molecule has 0 aromatic heterocycles. The van der Waals surface area contributed by atoms with E-state index in [9.17, 15) is 8.78 Å². The zero-order chi connectivity index (χ0) is 13.0. The van der Waals surface area contributed by atoms with Gasteiger partial charge in [0.25, 0.3) is 0 Å². The molecule has 19 heavy (non-hydrogen) atoms. The van der Waals surface area contributed by atoms with Gasteiger partial charge in [-0.3, -0.25) is 4.90 Å². The highest BCUT2D eigenvalue weighted by atomic mass is 35.5. The fourth-order valence-electron chi connectivity index (χ4n) is 2.67. The number of rotatable bonds is 4. The van der Waals surface area contributed by atoms with Crippen molar-refractivity contribution >= 4 is 12.4 Å². The molecule has 0 radical (unpaired) electrons. The Bertz CT molecular complexity index is 379. The SMILES string of the molecule is Cl.NCCC1CCCCN1Cc1c(F)cccc1F. The van der Waals surface area contributed by atoms with Crippen molar-refractivity contribution in [1.82, 2.24) is 4.90 Å². The number of hydrogen-bond acceptors (Lipinski definition) is 2. The summed E-state index contributed by atoms with van der Waals surface area (Å²) < 4.78 is 27.3. The highest BCUT2D eigenvalue weighted by Gasteiger charge is 2.23. The van der Waals surface area contributed by atoms with Crippen molar-refractivity contribution in [2.45, 2.75) is 38.3 Å². The van der Waals surface area contributed by atoms with Gasteiger partial charge >= 0.3 is 0 Å². The second kappa shape index (κ2) is 7.78. The van der Waals surface area contributed by atoms with Gasteiger partial charge in [0.1, 0.15) is 11.6 Å². The van der Waals surface area contributed by atoms with E-state index in [2.05, 4.69) is 4.90 Å². The molecule has 0 amide bonds. The molecule has 1 unspecified atom stereocenters. The molecule has 1 aromatic carbocycles. The molecule has 5 heteroatoms. The highest BCUT2D eigenvalue weighted by Crippen LogP contribution is 2.23. The zero-order valence-electron chi connectivity index (χ0n) is 10.9. The van der Waals surface area contributed by atoms with Crippen LogP contribution in [0.3, 0.4) is 0 Å². The zero-order valence-corrected chi connectivity index (χ0v) is 11.8. The lowest BCUT2D eigenvalue weighted by Crippen LogP contribution is -2.40. The molecule has 2 rings (SSSR count). The van der Waals surface area contributed by atoms with Crippen LogP contribution in [0.1, 0.15) is 31.2 Å². The Morgan fingerprint density at radius 2 is 1.89 bits per heavy atom. The Labute approximate surface area is 119 Å². The molecular formula is C14H21ClF2N2. The lowest BCUT2D eigenvalue weighted by Gasteiger charge is -2.35. The minimum absolute atomic E-state index is 0. The summed E-state index contributed by atoms with van der Waals surface area (Å²) in [7, 11) is 0. The third-order valence-electron chi connectivity index (χ3n) is 3.67. The summed E-state index contributed by atoms with van der Waals surface area (Å²) in [4.78, 5) is 2.16. The second-order valence-electron chi connectivity index (χ2n) is 4.90. The number of hydrogen-bond donors (Lipinski definition) is 1. The first kappa shape index (κ1) is 16.3. The first-order chi connectivity index (χ1) is 8.72. The number of halogens is 3. The summed E-state index contributed by atoms with van der Waals surface area (Å²) in [5, 5.41) is 0. The molecule has 1 fully saturated rings. The topological polar surface area (TPSA) is 29.3 Å². The lowest BCUT2D eigenvalue weighted by molar-refractivity contribution is 0.131. The van der Waals surface area contributed by atoms with Crippen LogP contribution < -0.4 is 5.73 Å². The summed E-state index contributed by atoms with van der Waals surface area (Å²) in [6, 6.07) is 4.41. The number of nitrogens with two attached hydrogens (primary N) is 1. The summed E-state index contributed by atoms with van der Waals surface area (Å²) >= 11 is 0. The van der Waals surface area contributed by atoms with E-state index in [4.69, 9.17) is 5.73 Å². The molecule has 0 bridgehead atoms. The van der Waals surface area contributed by atoms with E-state index in [-0.39, 0.29) is 18.0 Å². The first-order valence-electron chi connectivity index (χ1n) is 6.59. The van der Waals surface area contributed by atoms with Crippen molar-refractivity contribution in [3.8, 4) is 0 Å². The number of piperidine rings is 1. The van der Waals surface area contributed by atoms with Crippen LogP contribution in [0.2, 0.25) is 0 Å². The Hall–Kier alpha value is -0.710. The number of nitrogens with zero attached hydrogens (tertiary/aromatic N) is 1. The molecular weight excluding hydrogens is 270 g/mol. The average Bonchev–Trinajstić information content (AvgIpc) is 2.36. The maximum atomic E-state index is 13.6. The second-order valence-corrected chi connectivity index (χ2v) is 4.90. The van der Waals surface area contributed by atoms with Gasteiger partial charge in [0.05, 0.1) is 0 Å². The molecule has 0 spiro atoms. The van der Waals surface area contributed by atoms with Crippen LogP contribution in [0, 0.1) is 11.6 Å². The molecule has 2 N–H and O–H groups in total. The van der Waals surface area contributed by atoms with Crippen molar-refractivity contribution in [3.63, 3.8) is 0 Å². The van der Waals surface area contributed by atoms with Crippen LogP contribution in [0.25, 0.3) is 0 Å². The summed E-state index contributed by atoms with van der Waals surface area (Å²) in [6.45, 7) is 1.88. The van der Waals surface area contributed by atoms with Crippen LogP contribution in [0.15, 0.2) is 18.2 Å². The van der Waals surface area contributed by atoms with Crippen molar-refractivity contribution in [2.75, 3.05) is 13.1 Å². The van der Waals surface area contributed by atoms with Crippen LogP contribution in [0.4, 0.5) is 8.78 Å². The third-order valence-corrected chi connectivity index (χ3v) is 3.67. The molecule has 0 saturated carbocycles. The monoisotopic (exact) mass is 290 g/mol. The molecule has 0 aliphatic carbocycles. The Balaban J connectivity index is 0.00000180. The van der Waals surface area contributed by atoms with Gasteiger partial charge in [0, 0.05) is 18.2 Å². The molecule has 2 nitrogen and oxygen atoms in total. The average molecular weight is 291 g/mol.